The average Bonchev–Trinajstić information content (AvgIpc) is 2.57. The van der Waals surface area contributed by atoms with E-state index in [4.69, 9.17) is 9.47 Å². The monoisotopic (exact) mass is 390 g/mol. The maximum Gasteiger partial charge on any atom is 0.349 e. The van der Waals surface area contributed by atoms with Gasteiger partial charge in [-0.2, -0.15) is 0 Å². The molecular weight excluding hydrogens is 368 g/mol. The number of hydrogen-bond acceptors (Lipinski definition) is 3. The molecule has 0 aliphatic carbocycles. The molecule has 0 saturated heterocycles. The van der Waals surface area contributed by atoms with Crippen LogP contribution < -0.4 is 4.74 Å². The molecular formula is C20H23BrO3. The molecule has 0 aliphatic heterocycles. The highest BCUT2D eigenvalue weighted by molar-refractivity contribution is 9.09. The van der Waals surface area contributed by atoms with Gasteiger partial charge in [-0.15, -0.1) is 0 Å². The third-order valence-electron chi connectivity index (χ3n) is 3.76. The van der Waals surface area contributed by atoms with Crippen molar-refractivity contribution in [2.24, 2.45) is 0 Å². The molecule has 1 unspecified atom stereocenters. The number of rotatable bonds is 7. The van der Waals surface area contributed by atoms with Crippen molar-refractivity contribution >= 4 is 21.9 Å². The second kappa shape index (κ2) is 8.34. The zero-order valence-electron chi connectivity index (χ0n) is 14.3. The van der Waals surface area contributed by atoms with Crippen LogP contribution in [0.15, 0.2) is 54.6 Å². The Labute approximate surface area is 152 Å². The first kappa shape index (κ1) is 18.5. The first-order chi connectivity index (χ1) is 11.5. The minimum absolute atomic E-state index is 0.223. The zero-order chi connectivity index (χ0) is 17.6. The summed E-state index contributed by atoms with van der Waals surface area (Å²) >= 11 is 3.60. The summed E-state index contributed by atoms with van der Waals surface area (Å²) in [6.45, 7) is 5.56. The number of carbonyl (C=O) groups excluding carboxylic acids is 1. The Morgan fingerprint density at radius 2 is 1.75 bits per heavy atom. The number of halogens is 1. The first-order valence-electron chi connectivity index (χ1n) is 8.05. The predicted octanol–water partition coefficient (Wildman–Crippen LogP) is 4.93. The van der Waals surface area contributed by atoms with Crippen LogP contribution in [0.1, 0.15) is 37.8 Å². The molecule has 0 saturated carbocycles. The van der Waals surface area contributed by atoms with E-state index in [1.54, 1.807) is 20.8 Å². The Hall–Kier alpha value is -1.81. The van der Waals surface area contributed by atoms with Gasteiger partial charge in [0.15, 0.2) is 5.60 Å². The predicted molar refractivity (Wildman–Crippen MR) is 99.9 cm³/mol. The average molecular weight is 391 g/mol. The molecule has 3 nitrogen and oxygen atoms in total. The Morgan fingerprint density at radius 3 is 2.38 bits per heavy atom. The molecule has 2 aromatic rings. The summed E-state index contributed by atoms with van der Waals surface area (Å²) in [5.74, 6) is 0.517. The van der Waals surface area contributed by atoms with Gasteiger partial charge >= 0.3 is 5.97 Å². The number of ether oxygens (including phenoxy) is 2. The van der Waals surface area contributed by atoms with E-state index in [-0.39, 0.29) is 11.9 Å². The summed E-state index contributed by atoms with van der Waals surface area (Å²) in [5, 5.41) is 0.807. The van der Waals surface area contributed by atoms with Crippen LogP contribution in [0.2, 0.25) is 0 Å². The van der Waals surface area contributed by atoms with E-state index in [0.717, 1.165) is 10.9 Å². The van der Waals surface area contributed by atoms with Crippen molar-refractivity contribution < 1.29 is 14.3 Å². The van der Waals surface area contributed by atoms with Crippen LogP contribution in [-0.2, 0) is 9.53 Å². The number of hydrogen-bond donors (Lipinski definition) is 0. The lowest BCUT2D eigenvalue weighted by Gasteiger charge is -2.25. The zero-order valence-corrected chi connectivity index (χ0v) is 15.9. The Bertz CT molecular complexity index is 668. The first-order valence-corrected chi connectivity index (χ1v) is 9.17. The van der Waals surface area contributed by atoms with E-state index in [0.29, 0.717) is 12.4 Å². The van der Waals surface area contributed by atoms with E-state index in [9.17, 15) is 4.79 Å². The molecule has 0 spiro atoms. The van der Waals surface area contributed by atoms with Gasteiger partial charge in [0.25, 0.3) is 0 Å². The fraction of sp³-hybridized carbons (Fsp3) is 0.350. The number of benzene rings is 2. The smallest absolute Gasteiger partial charge is 0.349 e. The molecule has 0 aliphatic rings. The van der Waals surface area contributed by atoms with Crippen molar-refractivity contribution in [1.29, 1.82) is 0 Å². The van der Waals surface area contributed by atoms with Gasteiger partial charge in [-0.25, -0.2) is 4.79 Å². The summed E-state index contributed by atoms with van der Waals surface area (Å²) < 4.78 is 11.0. The summed E-state index contributed by atoms with van der Waals surface area (Å²) in [5.41, 5.74) is 1.34. The molecule has 2 aromatic carbocycles. The van der Waals surface area contributed by atoms with Gasteiger partial charge in [0.05, 0.1) is 6.61 Å². The standard InChI is InChI=1S/C20H23BrO3/c1-4-23-19(22)20(2,3)24-17-12-8-11-16(13-17)18(14-21)15-9-6-5-7-10-15/h5-13,18H,4,14H2,1-3H3. The third-order valence-corrected chi connectivity index (χ3v) is 4.40. The summed E-state index contributed by atoms with van der Waals surface area (Å²) in [7, 11) is 0. The van der Waals surface area contributed by atoms with Gasteiger partial charge in [0.2, 0.25) is 0 Å². The molecule has 0 aromatic heterocycles. The number of carbonyl (C=O) groups is 1. The Morgan fingerprint density at radius 1 is 1.08 bits per heavy atom. The van der Waals surface area contributed by atoms with Crippen LogP contribution in [0.4, 0.5) is 0 Å². The van der Waals surface area contributed by atoms with Gasteiger partial charge in [0, 0.05) is 11.2 Å². The normalized spacial score (nSPS) is 12.5. The molecule has 0 heterocycles. The minimum atomic E-state index is -1.02. The largest absolute Gasteiger partial charge is 0.476 e. The fourth-order valence-electron chi connectivity index (χ4n) is 2.49. The quantitative estimate of drug-likeness (QED) is 0.496. The van der Waals surface area contributed by atoms with Crippen molar-refractivity contribution in [3.63, 3.8) is 0 Å². The second-order valence-electron chi connectivity index (χ2n) is 6.02. The lowest BCUT2D eigenvalue weighted by molar-refractivity contribution is -0.158. The van der Waals surface area contributed by atoms with Crippen LogP contribution in [0.3, 0.4) is 0 Å². The minimum Gasteiger partial charge on any atom is -0.476 e. The van der Waals surface area contributed by atoms with E-state index < -0.39 is 5.60 Å². The maximum atomic E-state index is 12.0. The highest BCUT2D eigenvalue weighted by Gasteiger charge is 2.31. The van der Waals surface area contributed by atoms with E-state index in [1.165, 1.54) is 5.56 Å². The van der Waals surface area contributed by atoms with Crippen molar-refractivity contribution in [2.75, 3.05) is 11.9 Å². The van der Waals surface area contributed by atoms with Crippen molar-refractivity contribution in [3.05, 3.63) is 65.7 Å². The molecule has 1 atom stereocenters. The second-order valence-corrected chi connectivity index (χ2v) is 6.67. The molecule has 0 radical (unpaired) electrons. The van der Waals surface area contributed by atoms with E-state index in [1.807, 2.05) is 36.4 Å². The lowest BCUT2D eigenvalue weighted by Crippen LogP contribution is -2.39. The fourth-order valence-corrected chi connectivity index (χ4v) is 3.24. The molecule has 4 heteroatoms. The highest BCUT2D eigenvalue weighted by atomic mass is 79.9. The highest BCUT2D eigenvalue weighted by Crippen LogP contribution is 2.30. The van der Waals surface area contributed by atoms with Crippen molar-refractivity contribution in [3.8, 4) is 5.75 Å². The van der Waals surface area contributed by atoms with Crippen LogP contribution in [-0.4, -0.2) is 23.5 Å². The number of esters is 1. The Kier molecular flexibility index (Phi) is 6.44. The van der Waals surface area contributed by atoms with Gasteiger partial charge < -0.3 is 9.47 Å². The summed E-state index contributed by atoms with van der Waals surface area (Å²) in [4.78, 5) is 12.0. The molecule has 128 valence electrons. The molecule has 0 bridgehead atoms. The van der Waals surface area contributed by atoms with Crippen molar-refractivity contribution in [1.82, 2.24) is 0 Å². The molecule has 0 N–H and O–H groups in total. The van der Waals surface area contributed by atoms with Crippen LogP contribution in [0.25, 0.3) is 0 Å². The summed E-state index contributed by atoms with van der Waals surface area (Å²) in [6, 6.07) is 18.2. The van der Waals surface area contributed by atoms with Crippen LogP contribution in [0, 0.1) is 0 Å². The molecule has 2 rings (SSSR count). The number of alkyl halides is 1. The van der Waals surface area contributed by atoms with E-state index >= 15 is 0 Å². The Balaban J connectivity index is 2.24. The maximum absolute atomic E-state index is 12.0. The third kappa shape index (κ3) is 4.60. The van der Waals surface area contributed by atoms with Gasteiger partial charge in [-0.3, -0.25) is 0 Å². The molecule has 0 amide bonds. The van der Waals surface area contributed by atoms with E-state index in [2.05, 4.69) is 34.1 Å². The van der Waals surface area contributed by atoms with Gasteiger partial charge in [0.1, 0.15) is 5.75 Å². The topological polar surface area (TPSA) is 35.5 Å². The van der Waals surface area contributed by atoms with Crippen LogP contribution in [0.5, 0.6) is 5.75 Å². The summed E-state index contributed by atoms with van der Waals surface area (Å²) in [6.07, 6.45) is 0. The van der Waals surface area contributed by atoms with Gasteiger partial charge in [-0.05, 0) is 44.0 Å². The van der Waals surface area contributed by atoms with Crippen LogP contribution >= 0.6 is 15.9 Å². The SMILES string of the molecule is CCOC(=O)C(C)(C)Oc1cccc(C(CBr)c2ccccc2)c1. The lowest BCUT2D eigenvalue weighted by atomic mass is 9.93. The van der Waals surface area contributed by atoms with Gasteiger partial charge in [-0.1, -0.05) is 58.4 Å². The molecule has 0 fully saturated rings. The van der Waals surface area contributed by atoms with Crippen molar-refractivity contribution in [2.45, 2.75) is 32.3 Å². The molecule has 24 heavy (non-hydrogen) atoms.